The average molecular weight is 424 g/mol. The molecule has 2 N–H and O–H groups in total. The minimum atomic E-state index is -1.81. The van der Waals surface area contributed by atoms with Crippen LogP contribution in [0.1, 0.15) is 33.6 Å². The number of alkyl halides is 1. The van der Waals surface area contributed by atoms with Crippen LogP contribution in [-0.2, 0) is 14.3 Å². The predicted molar refractivity (Wildman–Crippen MR) is 106 cm³/mol. The fourth-order valence-electron chi connectivity index (χ4n) is 3.98. The van der Waals surface area contributed by atoms with Crippen molar-refractivity contribution < 1.29 is 27.9 Å². The summed E-state index contributed by atoms with van der Waals surface area (Å²) in [6, 6.07) is 4.07. The second kappa shape index (κ2) is 8.45. The molecule has 0 radical (unpaired) electrons. The summed E-state index contributed by atoms with van der Waals surface area (Å²) < 4.78 is 34.9. The molecule has 2 heterocycles. The van der Waals surface area contributed by atoms with Crippen molar-refractivity contribution in [3.8, 4) is 0 Å². The quantitative estimate of drug-likeness (QED) is 0.707. The summed E-state index contributed by atoms with van der Waals surface area (Å²) in [7, 11) is 0. The summed E-state index contributed by atoms with van der Waals surface area (Å²) in [6.07, 6.45) is -1.04. The van der Waals surface area contributed by atoms with Crippen molar-refractivity contribution in [2.75, 3.05) is 29.4 Å². The Balaban J connectivity index is 1.69. The van der Waals surface area contributed by atoms with Gasteiger partial charge in [0.1, 0.15) is 11.9 Å². The first kappa shape index (κ1) is 21.8. The number of piperidine rings is 1. The van der Waals surface area contributed by atoms with E-state index < -0.39 is 29.7 Å². The maximum absolute atomic E-state index is 14.9. The number of ether oxygens (including phenoxy) is 1. The second-order valence-electron chi connectivity index (χ2n) is 7.83. The van der Waals surface area contributed by atoms with Crippen molar-refractivity contribution in [2.45, 2.75) is 51.6 Å². The highest BCUT2D eigenvalue weighted by molar-refractivity contribution is 5.90. The van der Waals surface area contributed by atoms with E-state index in [9.17, 15) is 23.2 Å². The lowest BCUT2D eigenvalue weighted by Crippen LogP contribution is -2.55. The maximum Gasteiger partial charge on any atom is 0.414 e. The number of rotatable bonds is 5. The van der Waals surface area contributed by atoms with E-state index in [-0.39, 0.29) is 44.4 Å². The number of nitrogens with zero attached hydrogens (tertiary/aromatic N) is 2. The number of cyclic esters (lactones) is 1. The Morgan fingerprint density at radius 2 is 2.03 bits per heavy atom. The van der Waals surface area contributed by atoms with Crippen molar-refractivity contribution in [3.05, 3.63) is 24.0 Å². The molecule has 0 bridgehead atoms. The molecule has 2 aliphatic heterocycles. The highest BCUT2D eigenvalue weighted by Gasteiger charge is 2.40. The Morgan fingerprint density at radius 1 is 1.30 bits per heavy atom. The third-order valence-electron chi connectivity index (χ3n) is 5.31. The van der Waals surface area contributed by atoms with Crippen LogP contribution in [0.3, 0.4) is 0 Å². The molecule has 3 amide bonds. The molecule has 2 saturated heterocycles. The number of anilines is 2. The molecule has 2 aliphatic rings. The number of carbonyl (C=O) groups excluding carboxylic acids is 3. The fraction of sp³-hybridized carbons (Fsp3) is 0.550. The van der Waals surface area contributed by atoms with Gasteiger partial charge in [0.05, 0.1) is 24.5 Å². The summed E-state index contributed by atoms with van der Waals surface area (Å²) in [6.45, 7) is 5.02. The van der Waals surface area contributed by atoms with Gasteiger partial charge >= 0.3 is 6.09 Å². The van der Waals surface area contributed by atoms with Gasteiger partial charge in [0.25, 0.3) is 0 Å². The fourth-order valence-corrected chi connectivity index (χ4v) is 3.98. The van der Waals surface area contributed by atoms with Crippen molar-refractivity contribution in [1.29, 1.82) is 0 Å². The molecule has 8 nitrogen and oxygen atoms in total. The number of nitrogens with one attached hydrogen (secondary N) is 2. The molecular formula is C20H26F2N4O4. The van der Waals surface area contributed by atoms with Crippen LogP contribution in [0.25, 0.3) is 0 Å². The van der Waals surface area contributed by atoms with Crippen molar-refractivity contribution in [1.82, 2.24) is 10.6 Å². The molecule has 0 saturated carbocycles. The number of halogens is 2. The Bertz CT molecular complexity index is 852. The number of hydrogen-bond donors (Lipinski definition) is 2. The average Bonchev–Trinajstić information content (AvgIpc) is 3.00. The molecule has 2 fully saturated rings. The highest BCUT2D eigenvalue weighted by Crippen LogP contribution is 2.35. The van der Waals surface area contributed by atoms with Crippen molar-refractivity contribution >= 4 is 29.3 Å². The first-order chi connectivity index (χ1) is 14.1. The normalized spacial score (nSPS) is 26.4. The van der Waals surface area contributed by atoms with Crippen molar-refractivity contribution in [3.63, 3.8) is 0 Å². The van der Waals surface area contributed by atoms with Gasteiger partial charge in [-0.2, -0.15) is 0 Å². The standard InChI is InChI=1S/C20H26F2N4O4/c1-12-9-20(22,24-14(3)28)6-7-25(12)18-5-4-15(8-17(18)21)26-11-16(30-19(26)29)10-23-13(2)27/h4-5,8,12,16H,6-7,9-11H2,1-3H3,(H,23,27)(H,24,28)/t12?,16-,20?/m0/s1. The van der Waals surface area contributed by atoms with Crippen LogP contribution < -0.4 is 20.4 Å². The van der Waals surface area contributed by atoms with Crippen LogP contribution >= 0.6 is 0 Å². The van der Waals surface area contributed by atoms with E-state index in [2.05, 4.69) is 10.6 Å². The zero-order valence-electron chi connectivity index (χ0n) is 17.2. The first-order valence-electron chi connectivity index (χ1n) is 9.84. The molecule has 0 aromatic heterocycles. The van der Waals surface area contributed by atoms with E-state index in [1.165, 1.54) is 24.8 Å². The smallest absolute Gasteiger partial charge is 0.414 e. The van der Waals surface area contributed by atoms with E-state index in [0.717, 1.165) is 0 Å². The maximum atomic E-state index is 14.9. The lowest BCUT2D eigenvalue weighted by molar-refractivity contribution is -0.124. The van der Waals surface area contributed by atoms with Gasteiger partial charge in [0, 0.05) is 39.3 Å². The van der Waals surface area contributed by atoms with Crippen LogP contribution in [-0.4, -0.2) is 55.5 Å². The Morgan fingerprint density at radius 3 is 2.63 bits per heavy atom. The summed E-state index contributed by atoms with van der Waals surface area (Å²) in [5, 5.41) is 4.92. The van der Waals surface area contributed by atoms with Crippen LogP contribution in [0.15, 0.2) is 18.2 Å². The van der Waals surface area contributed by atoms with Gasteiger partial charge in [-0.1, -0.05) is 0 Å². The van der Waals surface area contributed by atoms with Gasteiger partial charge in [-0.25, -0.2) is 13.6 Å². The predicted octanol–water partition coefficient (Wildman–Crippen LogP) is 2.08. The van der Waals surface area contributed by atoms with E-state index in [0.29, 0.717) is 11.4 Å². The summed E-state index contributed by atoms with van der Waals surface area (Å²) in [5.74, 6) is -3.02. The molecule has 10 heteroatoms. The van der Waals surface area contributed by atoms with Crippen LogP contribution in [0, 0.1) is 5.82 Å². The lowest BCUT2D eigenvalue weighted by atomic mass is 9.95. The Hall–Kier alpha value is -2.91. The van der Waals surface area contributed by atoms with Gasteiger partial charge in [0.2, 0.25) is 11.8 Å². The van der Waals surface area contributed by atoms with Crippen LogP contribution in [0.5, 0.6) is 0 Å². The largest absolute Gasteiger partial charge is 0.442 e. The van der Waals surface area contributed by atoms with E-state index in [4.69, 9.17) is 4.74 Å². The summed E-state index contributed by atoms with van der Waals surface area (Å²) >= 11 is 0. The van der Waals surface area contributed by atoms with Crippen LogP contribution in [0.2, 0.25) is 0 Å². The Kier molecular flexibility index (Phi) is 6.14. The zero-order chi connectivity index (χ0) is 22.1. The number of carbonyl (C=O) groups is 3. The van der Waals surface area contributed by atoms with Gasteiger partial charge in [-0.15, -0.1) is 0 Å². The van der Waals surface area contributed by atoms with E-state index in [1.54, 1.807) is 24.0 Å². The van der Waals surface area contributed by atoms with Gasteiger partial charge in [-0.3, -0.25) is 14.5 Å². The minimum absolute atomic E-state index is 0.0387. The van der Waals surface area contributed by atoms with Crippen molar-refractivity contribution in [2.24, 2.45) is 0 Å². The topological polar surface area (TPSA) is 91.0 Å². The monoisotopic (exact) mass is 424 g/mol. The number of hydrogen-bond acceptors (Lipinski definition) is 5. The van der Waals surface area contributed by atoms with Crippen LogP contribution in [0.4, 0.5) is 25.0 Å². The lowest BCUT2D eigenvalue weighted by Gasteiger charge is -2.42. The van der Waals surface area contributed by atoms with Gasteiger partial charge in [0.15, 0.2) is 5.79 Å². The SMILES string of the molecule is CC(=O)NC[C@H]1CN(c2ccc(N3CCC(F)(NC(C)=O)CC3C)c(F)c2)C(=O)O1. The number of benzene rings is 1. The van der Waals surface area contributed by atoms with E-state index in [1.807, 2.05) is 0 Å². The second-order valence-corrected chi connectivity index (χ2v) is 7.83. The molecule has 30 heavy (non-hydrogen) atoms. The molecule has 0 spiro atoms. The molecule has 0 aliphatic carbocycles. The molecule has 2 unspecified atom stereocenters. The molecule has 3 rings (SSSR count). The first-order valence-corrected chi connectivity index (χ1v) is 9.84. The Labute approximate surface area is 173 Å². The third-order valence-corrected chi connectivity index (χ3v) is 5.31. The molecule has 1 aromatic rings. The molecule has 164 valence electrons. The van der Waals surface area contributed by atoms with Gasteiger partial charge < -0.3 is 20.3 Å². The number of amides is 3. The van der Waals surface area contributed by atoms with Gasteiger partial charge in [-0.05, 0) is 25.1 Å². The third kappa shape index (κ3) is 4.80. The summed E-state index contributed by atoms with van der Waals surface area (Å²) in [5.41, 5.74) is 0.646. The molecular weight excluding hydrogens is 398 g/mol. The summed E-state index contributed by atoms with van der Waals surface area (Å²) in [4.78, 5) is 37.4. The molecule has 1 aromatic carbocycles. The van der Waals surface area contributed by atoms with E-state index >= 15 is 0 Å². The zero-order valence-corrected chi connectivity index (χ0v) is 17.2. The molecule has 3 atom stereocenters. The highest BCUT2D eigenvalue weighted by atomic mass is 19.1. The minimum Gasteiger partial charge on any atom is -0.442 e.